The Bertz CT molecular complexity index is 734. The second-order valence-electron chi connectivity index (χ2n) is 5.16. The molecule has 6 nitrogen and oxygen atoms in total. The number of imidazole rings is 1. The molecule has 0 aromatic carbocycles. The Morgan fingerprint density at radius 3 is 2.81 bits per heavy atom. The third-order valence-electron chi connectivity index (χ3n) is 3.25. The highest BCUT2D eigenvalue weighted by Gasteiger charge is 2.06. The standard InChI is InChI=1S/C15H18N6/c1-11(2)15-19-8-10-21(15)9-7-17-13-4-3-12-14(20-13)18-6-5-16-12/h3-6,8,10-11H,7,9H2,1-2H3,(H,17,18,20). The number of hydrogen-bond acceptors (Lipinski definition) is 5. The molecule has 0 atom stereocenters. The van der Waals surface area contributed by atoms with Gasteiger partial charge >= 0.3 is 0 Å². The van der Waals surface area contributed by atoms with Crippen molar-refractivity contribution in [1.29, 1.82) is 0 Å². The minimum atomic E-state index is 0.425. The molecule has 3 aromatic rings. The number of aromatic nitrogens is 5. The highest BCUT2D eigenvalue weighted by Crippen LogP contribution is 2.12. The monoisotopic (exact) mass is 282 g/mol. The van der Waals surface area contributed by atoms with Gasteiger partial charge in [0.25, 0.3) is 0 Å². The normalized spacial score (nSPS) is 11.2. The minimum absolute atomic E-state index is 0.425. The number of fused-ring (bicyclic) bond motifs is 1. The van der Waals surface area contributed by atoms with E-state index in [4.69, 9.17) is 0 Å². The highest BCUT2D eigenvalue weighted by molar-refractivity contribution is 5.71. The van der Waals surface area contributed by atoms with Crippen LogP contribution < -0.4 is 5.32 Å². The van der Waals surface area contributed by atoms with Gasteiger partial charge < -0.3 is 9.88 Å². The zero-order chi connectivity index (χ0) is 14.7. The van der Waals surface area contributed by atoms with Crippen LogP contribution in [0.1, 0.15) is 25.6 Å². The topological polar surface area (TPSA) is 68.5 Å². The lowest BCUT2D eigenvalue weighted by atomic mass is 10.2. The van der Waals surface area contributed by atoms with Gasteiger partial charge in [-0.15, -0.1) is 0 Å². The molecule has 0 amide bonds. The summed E-state index contributed by atoms with van der Waals surface area (Å²) in [7, 11) is 0. The first-order chi connectivity index (χ1) is 10.2. The molecule has 0 fully saturated rings. The second-order valence-corrected chi connectivity index (χ2v) is 5.16. The Hall–Kier alpha value is -2.50. The van der Waals surface area contributed by atoms with E-state index in [1.54, 1.807) is 12.4 Å². The second kappa shape index (κ2) is 5.87. The molecular weight excluding hydrogens is 264 g/mol. The van der Waals surface area contributed by atoms with E-state index in [1.165, 1.54) is 0 Å². The van der Waals surface area contributed by atoms with Gasteiger partial charge in [-0.3, -0.25) is 4.98 Å². The summed E-state index contributed by atoms with van der Waals surface area (Å²) in [5, 5.41) is 3.31. The van der Waals surface area contributed by atoms with Crippen LogP contribution in [0.25, 0.3) is 11.2 Å². The van der Waals surface area contributed by atoms with E-state index in [1.807, 2.05) is 24.5 Å². The lowest BCUT2D eigenvalue weighted by molar-refractivity contribution is 0.636. The summed E-state index contributed by atoms with van der Waals surface area (Å²) in [5.41, 5.74) is 1.47. The van der Waals surface area contributed by atoms with E-state index in [-0.39, 0.29) is 0 Å². The maximum Gasteiger partial charge on any atom is 0.180 e. The lowest BCUT2D eigenvalue weighted by Crippen LogP contribution is -2.13. The first kappa shape index (κ1) is 13.5. The van der Waals surface area contributed by atoms with Crippen molar-refractivity contribution in [2.75, 3.05) is 11.9 Å². The van der Waals surface area contributed by atoms with E-state index < -0.39 is 0 Å². The molecule has 3 rings (SSSR count). The predicted molar refractivity (Wildman–Crippen MR) is 82.1 cm³/mol. The Kier molecular flexibility index (Phi) is 3.77. The van der Waals surface area contributed by atoms with Crippen molar-refractivity contribution in [2.45, 2.75) is 26.3 Å². The predicted octanol–water partition coefficient (Wildman–Crippen LogP) is 2.46. The van der Waals surface area contributed by atoms with Crippen LogP contribution in [0.3, 0.4) is 0 Å². The van der Waals surface area contributed by atoms with Gasteiger partial charge in [0.05, 0.1) is 0 Å². The molecule has 0 aliphatic carbocycles. The number of anilines is 1. The summed E-state index contributed by atoms with van der Waals surface area (Å²) in [6.45, 7) is 5.94. The van der Waals surface area contributed by atoms with E-state index in [2.05, 4.69) is 43.7 Å². The molecule has 0 unspecified atom stereocenters. The summed E-state index contributed by atoms with van der Waals surface area (Å²) in [6, 6.07) is 3.85. The zero-order valence-corrected chi connectivity index (χ0v) is 12.2. The maximum absolute atomic E-state index is 4.44. The van der Waals surface area contributed by atoms with Gasteiger partial charge in [-0.25, -0.2) is 15.0 Å². The molecule has 0 aliphatic heterocycles. The van der Waals surface area contributed by atoms with Gasteiger partial charge in [0.1, 0.15) is 17.2 Å². The Morgan fingerprint density at radius 2 is 1.95 bits per heavy atom. The van der Waals surface area contributed by atoms with Gasteiger partial charge in [-0.05, 0) is 12.1 Å². The fourth-order valence-corrected chi connectivity index (χ4v) is 2.27. The van der Waals surface area contributed by atoms with Crippen LogP contribution in [0.5, 0.6) is 0 Å². The average molecular weight is 282 g/mol. The molecule has 3 aromatic heterocycles. The van der Waals surface area contributed by atoms with Crippen LogP contribution in [-0.4, -0.2) is 31.0 Å². The van der Waals surface area contributed by atoms with Gasteiger partial charge in [0, 0.05) is 43.8 Å². The van der Waals surface area contributed by atoms with Gasteiger partial charge in [-0.1, -0.05) is 13.8 Å². The Balaban J connectivity index is 1.65. The maximum atomic E-state index is 4.44. The molecule has 0 spiro atoms. The zero-order valence-electron chi connectivity index (χ0n) is 12.2. The van der Waals surface area contributed by atoms with Gasteiger partial charge in [0.15, 0.2) is 5.65 Å². The number of pyridine rings is 1. The number of hydrogen-bond donors (Lipinski definition) is 1. The fraction of sp³-hybridized carbons (Fsp3) is 0.333. The van der Waals surface area contributed by atoms with Crippen molar-refractivity contribution >= 4 is 17.0 Å². The van der Waals surface area contributed by atoms with Crippen LogP contribution in [0.4, 0.5) is 5.82 Å². The quantitative estimate of drug-likeness (QED) is 0.778. The van der Waals surface area contributed by atoms with Crippen LogP contribution in [0.2, 0.25) is 0 Å². The molecule has 0 saturated heterocycles. The first-order valence-electron chi connectivity index (χ1n) is 7.06. The molecule has 1 N–H and O–H groups in total. The molecule has 0 aliphatic rings. The van der Waals surface area contributed by atoms with E-state index in [0.29, 0.717) is 11.6 Å². The van der Waals surface area contributed by atoms with Crippen LogP contribution in [-0.2, 0) is 6.54 Å². The van der Waals surface area contributed by atoms with Crippen molar-refractivity contribution in [3.8, 4) is 0 Å². The molecule has 0 bridgehead atoms. The number of nitrogens with one attached hydrogen (secondary N) is 1. The largest absolute Gasteiger partial charge is 0.368 e. The molecular formula is C15H18N6. The minimum Gasteiger partial charge on any atom is -0.368 e. The summed E-state index contributed by atoms with van der Waals surface area (Å²) < 4.78 is 2.17. The van der Waals surface area contributed by atoms with Crippen molar-refractivity contribution < 1.29 is 0 Å². The fourth-order valence-electron chi connectivity index (χ4n) is 2.27. The summed E-state index contributed by atoms with van der Waals surface area (Å²) in [5.74, 6) is 2.34. The van der Waals surface area contributed by atoms with Crippen LogP contribution in [0.15, 0.2) is 36.9 Å². The van der Waals surface area contributed by atoms with Crippen molar-refractivity contribution in [1.82, 2.24) is 24.5 Å². The van der Waals surface area contributed by atoms with Crippen molar-refractivity contribution in [2.24, 2.45) is 0 Å². The summed E-state index contributed by atoms with van der Waals surface area (Å²) in [6.07, 6.45) is 7.18. The molecule has 3 heterocycles. The molecule has 6 heteroatoms. The van der Waals surface area contributed by atoms with E-state index in [9.17, 15) is 0 Å². The van der Waals surface area contributed by atoms with Crippen molar-refractivity contribution in [3.63, 3.8) is 0 Å². The molecule has 108 valence electrons. The van der Waals surface area contributed by atoms with Gasteiger partial charge in [-0.2, -0.15) is 0 Å². The van der Waals surface area contributed by atoms with E-state index >= 15 is 0 Å². The van der Waals surface area contributed by atoms with Gasteiger partial charge in [0.2, 0.25) is 0 Å². The van der Waals surface area contributed by atoms with Crippen molar-refractivity contribution in [3.05, 3.63) is 42.7 Å². The highest BCUT2D eigenvalue weighted by atomic mass is 15.1. The number of nitrogens with zero attached hydrogens (tertiary/aromatic N) is 5. The molecule has 0 saturated carbocycles. The summed E-state index contributed by atoms with van der Waals surface area (Å²) in [4.78, 5) is 17.2. The van der Waals surface area contributed by atoms with Crippen LogP contribution >= 0.6 is 0 Å². The SMILES string of the molecule is CC(C)c1nccn1CCNc1ccc2nccnc2n1. The Labute approximate surface area is 123 Å². The third kappa shape index (κ3) is 2.99. The third-order valence-corrected chi connectivity index (χ3v) is 3.25. The average Bonchev–Trinajstić information content (AvgIpc) is 2.96. The lowest BCUT2D eigenvalue weighted by Gasteiger charge is -2.11. The van der Waals surface area contributed by atoms with Crippen LogP contribution in [0, 0.1) is 0 Å². The smallest absolute Gasteiger partial charge is 0.180 e. The number of rotatable bonds is 5. The molecule has 21 heavy (non-hydrogen) atoms. The molecule has 0 radical (unpaired) electrons. The first-order valence-corrected chi connectivity index (χ1v) is 7.06. The summed E-state index contributed by atoms with van der Waals surface area (Å²) >= 11 is 0. The Morgan fingerprint density at radius 1 is 1.10 bits per heavy atom. The van der Waals surface area contributed by atoms with E-state index in [0.717, 1.165) is 30.2 Å².